The van der Waals surface area contributed by atoms with Gasteiger partial charge in [-0.2, -0.15) is 0 Å². The van der Waals surface area contributed by atoms with Crippen LogP contribution in [-0.4, -0.2) is 28.9 Å². The normalized spacial score (nSPS) is 10.1. The first-order valence-corrected chi connectivity index (χ1v) is 5.38. The van der Waals surface area contributed by atoms with E-state index in [0.717, 1.165) is 16.7 Å². The second-order valence-electron chi connectivity index (χ2n) is 4.33. The summed E-state index contributed by atoms with van der Waals surface area (Å²) >= 11 is 0. The summed E-state index contributed by atoms with van der Waals surface area (Å²) in [6.45, 7) is 6.30. The summed E-state index contributed by atoms with van der Waals surface area (Å²) in [4.78, 5) is 23.0. The van der Waals surface area contributed by atoms with Gasteiger partial charge < -0.3 is 10.0 Å². The van der Waals surface area contributed by atoms with Gasteiger partial charge in [0.1, 0.15) is 0 Å². The fourth-order valence-corrected chi connectivity index (χ4v) is 1.68. The molecule has 1 aromatic rings. The molecular formula is C13H17NO3. The number of aryl methyl sites for hydroxylation is 3. The molecule has 0 aliphatic carbocycles. The maximum absolute atomic E-state index is 11.2. The Hall–Kier alpha value is -1.84. The minimum absolute atomic E-state index is 0.318. The van der Waals surface area contributed by atoms with E-state index in [1.807, 2.05) is 32.9 Å². The summed E-state index contributed by atoms with van der Waals surface area (Å²) in [5.41, 5.74) is 4.38. The van der Waals surface area contributed by atoms with Crippen LogP contribution in [0.15, 0.2) is 12.1 Å². The number of carboxylic acid groups (broad SMARTS) is 1. The maximum atomic E-state index is 11.2. The van der Waals surface area contributed by atoms with Crippen molar-refractivity contribution < 1.29 is 14.7 Å². The van der Waals surface area contributed by atoms with Crippen molar-refractivity contribution in [1.82, 2.24) is 4.90 Å². The van der Waals surface area contributed by atoms with Gasteiger partial charge in [-0.3, -0.25) is 4.79 Å². The molecule has 0 saturated carbocycles. The molecule has 0 aromatic heterocycles. The number of hydrogen-bond acceptors (Lipinski definition) is 2. The smallest absolute Gasteiger partial charge is 0.394 e. The highest BCUT2D eigenvalue weighted by Crippen LogP contribution is 2.16. The Morgan fingerprint density at radius 3 is 2.18 bits per heavy atom. The number of nitrogens with zero attached hydrogens (tertiary/aromatic N) is 1. The summed E-state index contributed by atoms with van der Waals surface area (Å²) in [5, 5.41) is 8.61. The lowest BCUT2D eigenvalue weighted by atomic mass is 10.0. The molecule has 1 aromatic carbocycles. The summed E-state index contributed by atoms with van der Waals surface area (Å²) in [5.74, 6) is -2.31. The number of carboxylic acids is 1. The number of carbonyl (C=O) groups is 2. The monoisotopic (exact) mass is 235 g/mol. The Morgan fingerprint density at radius 1 is 1.12 bits per heavy atom. The van der Waals surface area contributed by atoms with Crippen LogP contribution in [0.1, 0.15) is 22.3 Å². The van der Waals surface area contributed by atoms with E-state index in [2.05, 4.69) is 0 Å². The van der Waals surface area contributed by atoms with Crippen LogP contribution in [0.5, 0.6) is 0 Å². The fourth-order valence-electron chi connectivity index (χ4n) is 1.68. The zero-order chi connectivity index (χ0) is 13.2. The van der Waals surface area contributed by atoms with Crippen LogP contribution >= 0.6 is 0 Å². The van der Waals surface area contributed by atoms with Crippen molar-refractivity contribution in [2.45, 2.75) is 27.3 Å². The molecule has 0 radical (unpaired) electrons. The first-order valence-electron chi connectivity index (χ1n) is 5.38. The summed E-state index contributed by atoms with van der Waals surface area (Å²) in [6.07, 6.45) is 0. The van der Waals surface area contributed by atoms with Crippen molar-refractivity contribution in [2.24, 2.45) is 0 Å². The molecule has 0 atom stereocenters. The molecule has 4 heteroatoms. The van der Waals surface area contributed by atoms with Crippen molar-refractivity contribution in [2.75, 3.05) is 7.05 Å². The standard InChI is InChI=1S/C13H17NO3/c1-8-5-10(3)11(6-9(8)2)7-14(4)12(15)13(16)17/h5-6H,7H2,1-4H3,(H,16,17). The lowest BCUT2D eigenvalue weighted by Gasteiger charge is -2.17. The van der Waals surface area contributed by atoms with Crippen molar-refractivity contribution in [1.29, 1.82) is 0 Å². The van der Waals surface area contributed by atoms with Gasteiger partial charge in [0.05, 0.1) is 0 Å². The number of benzene rings is 1. The molecule has 0 heterocycles. The average molecular weight is 235 g/mol. The molecule has 0 bridgehead atoms. The zero-order valence-corrected chi connectivity index (χ0v) is 10.6. The van der Waals surface area contributed by atoms with Crippen LogP contribution in [0.25, 0.3) is 0 Å². The number of likely N-dealkylation sites (N-methyl/N-ethyl adjacent to an activating group) is 1. The van der Waals surface area contributed by atoms with Gasteiger partial charge in [-0.1, -0.05) is 12.1 Å². The zero-order valence-electron chi connectivity index (χ0n) is 10.6. The van der Waals surface area contributed by atoms with Crippen LogP contribution in [0, 0.1) is 20.8 Å². The Labute approximate surface area is 101 Å². The van der Waals surface area contributed by atoms with Crippen LogP contribution in [0.4, 0.5) is 0 Å². The summed E-state index contributed by atoms with van der Waals surface area (Å²) in [6, 6.07) is 4.04. The second-order valence-corrected chi connectivity index (χ2v) is 4.33. The van der Waals surface area contributed by atoms with Crippen LogP contribution in [-0.2, 0) is 16.1 Å². The third kappa shape index (κ3) is 3.06. The van der Waals surface area contributed by atoms with Crippen molar-refractivity contribution in [3.63, 3.8) is 0 Å². The molecule has 17 heavy (non-hydrogen) atoms. The van der Waals surface area contributed by atoms with Gasteiger partial charge >= 0.3 is 11.9 Å². The number of carbonyl (C=O) groups excluding carboxylic acids is 1. The molecule has 0 aliphatic rings. The maximum Gasteiger partial charge on any atom is 0.394 e. The van der Waals surface area contributed by atoms with Crippen LogP contribution < -0.4 is 0 Å². The first-order chi connectivity index (χ1) is 7.82. The molecular weight excluding hydrogens is 218 g/mol. The van der Waals surface area contributed by atoms with Crippen LogP contribution in [0.3, 0.4) is 0 Å². The Balaban J connectivity index is 2.92. The molecule has 1 N–H and O–H groups in total. The highest BCUT2D eigenvalue weighted by molar-refractivity contribution is 6.31. The molecule has 0 fully saturated rings. The highest BCUT2D eigenvalue weighted by atomic mass is 16.4. The first kappa shape index (κ1) is 13.2. The summed E-state index contributed by atoms with van der Waals surface area (Å²) < 4.78 is 0. The van der Waals surface area contributed by atoms with Gasteiger partial charge in [0.2, 0.25) is 0 Å². The third-order valence-electron chi connectivity index (χ3n) is 2.89. The summed E-state index contributed by atoms with van der Waals surface area (Å²) in [7, 11) is 1.49. The number of rotatable bonds is 2. The predicted octanol–water partition coefficient (Wildman–Crippen LogP) is 1.65. The van der Waals surface area contributed by atoms with E-state index in [-0.39, 0.29) is 0 Å². The highest BCUT2D eigenvalue weighted by Gasteiger charge is 2.17. The number of aliphatic carboxylic acids is 1. The lowest BCUT2D eigenvalue weighted by molar-refractivity contribution is -0.155. The van der Waals surface area contributed by atoms with Gasteiger partial charge in [-0.05, 0) is 43.0 Å². The minimum atomic E-state index is -1.42. The molecule has 0 aliphatic heterocycles. The average Bonchev–Trinajstić information content (AvgIpc) is 2.24. The molecule has 4 nitrogen and oxygen atoms in total. The molecule has 0 unspecified atom stereocenters. The van der Waals surface area contributed by atoms with Gasteiger partial charge in [0, 0.05) is 13.6 Å². The molecule has 0 saturated heterocycles. The molecule has 0 spiro atoms. The topological polar surface area (TPSA) is 57.6 Å². The Kier molecular flexibility index (Phi) is 3.89. The van der Waals surface area contributed by atoms with E-state index in [1.54, 1.807) is 0 Å². The second kappa shape index (κ2) is 4.99. The molecule has 92 valence electrons. The van der Waals surface area contributed by atoms with Gasteiger partial charge in [-0.25, -0.2) is 4.79 Å². The SMILES string of the molecule is Cc1cc(C)c(CN(C)C(=O)C(=O)O)cc1C. The van der Waals surface area contributed by atoms with Gasteiger partial charge in [0.25, 0.3) is 0 Å². The third-order valence-corrected chi connectivity index (χ3v) is 2.89. The molecule has 1 amide bonds. The van der Waals surface area contributed by atoms with E-state index >= 15 is 0 Å². The van der Waals surface area contributed by atoms with Crippen molar-refractivity contribution in [3.05, 3.63) is 34.4 Å². The van der Waals surface area contributed by atoms with Gasteiger partial charge in [-0.15, -0.1) is 0 Å². The van der Waals surface area contributed by atoms with E-state index < -0.39 is 11.9 Å². The van der Waals surface area contributed by atoms with Gasteiger partial charge in [0.15, 0.2) is 0 Å². The largest absolute Gasteiger partial charge is 0.474 e. The van der Waals surface area contributed by atoms with Crippen molar-refractivity contribution in [3.8, 4) is 0 Å². The Morgan fingerprint density at radius 2 is 1.65 bits per heavy atom. The lowest BCUT2D eigenvalue weighted by Crippen LogP contribution is -2.32. The van der Waals surface area contributed by atoms with Crippen LogP contribution in [0.2, 0.25) is 0 Å². The van der Waals surface area contributed by atoms with Crippen molar-refractivity contribution >= 4 is 11.9 Å². The minimum Gasteiger partial charge on any atom is -0.474 e. The number of hydrogen-bond donors (Lipinski definition) is 1. The van der Waals surface area contributed by atoms with E-state index in [1.165, 1.54) is 17.5 Å². The van der Waals surface area contributed by atoms with E-state index in [9.17, 15) is 9.59 Å². The predicted molar refractivity (Wildman–Crippen MR) is 64.8 cm³/mol. The number of amides is 1. The Bertz CT molecular complexity index is 466. The quantitative estimate of drug-likeness (QED) is 0.793. The van der Waals surface area contributed by atoms with E-state index in [4.69, 9.17) is 5.11 Å². The molecule has 1 rings (SSSR count). The fraction of sp³-hybridized carbons (Fsp3) is 0.385. The van der Waals surface area contributed by atoms with E-state index in [0.29, 0.717) is 6.54 Å².